The molecular weight excluding hydrogens is 369 g/mol. The van der Waals surface area contributed by atoms with E-state index in [9.17, 15) is 9.18 Å². The summed E-state index contributed by atoms with van der Waals surface area (Å²) in [6, 6.07) is 14.6. The van der Waals surface area contributed by atoms with Crippen LogP contribution in [0.3, 0.4) is 0 Å². The first kappa shape index (κ1) is 19.3. The zero-order chi connectivity index (χ0) is 20.2. The summed E-state index contributed by atoms with van der Waals surface area (Å²) in [7, 11) is 1.84. The third-order valence-electron chi connectivity index (χ3n) is 5.28. The van der Waals surface area contributed by atoms with E-state index >= 15 is 0 Å². The molecule has 2 aromatic carbocycles. The summed E-state index contributed by atoms with van der Waals surface area (Å²) < 4.78 is 21.7. The molecule has 0 aliphatic carbocycles. The Labute approximate surface area is 169 Å². The first-order chi connectivity index (χ1) is 14.1. The van der Waals surface area contributed by atoms with Gasteiger partial charge >= 0.3 is 0 Å². The Morgan fingerprint density at radius 2 is 1.97 bits per heavy atom. The van der Waals surface area contributed by atoms with Crippen molar-refractivity contribution < 1.29 is 13.9 Å². The largest absolute Gasteiger partial charge is 0.381 e. The lowest BCUT2D eigenvalue weighted by Crippen LogP contribution is -2.43. The molecule has 1 amide bonds. The van der Waals surface area contributed by atoms with Gasteiger partial charge in [0.2, 0.25) is 0 Å². The Bertz CT molecular complexity index is 981. The van der Waals surface area contributed by atoms with Crippen molar-refractivity contribution in [2.24, 2.45) is 7.05 Å². The summed E-state index contributed by atoms with van der Waals surface area (Å²) in [6.45, 7) is 1.67. The number of aryl methyl sites for hydroxylation is 1. The molecule has 0 N–H and O–H groups in total. The van der Waals surface area contributed by atoms with Gasteiger partial charge in [-0.25, -0.2) is 9.37 Å². The van der Waals surface area contributed by atoms with Gasteiger partial charge in [0.25, 0.3) is 5.91 Å². The van der Waals surface area contributed by atoms with Crippen LogP contribution in [0.5, 0.6) is 0 Å². The van der Waals surface area contributed by atoms with Gasteiger partial charge in [-0.1, -0.05) is 36.4 Å². The smallest absolute Gasteiger partial charge is 0.274 e. The molecule has 6 heteroatoms. The molecule has 4 rings (SSSR count). The normalized spacial score (nSPS) is 14.7. The summed E-state index contributed by atoms with van der Waals surface area (Å²) >= 11 is 0. The molecule has 0 atom stereocenters. The minimum atomic E-state index is -0.270. The van der Waals surface area contributed by atoms with Gasteiger partial charge in [-0.3, -0.25) is 4.79 Å². The molecular formula is C23H24FN3O2. The lowest BCUT2D eigenvalue weighted by atomic mass is 10.0. The third kappa shape index (κ3) is 4.38. The Kier molecular flexibility index (Phi) is 5.71. The van der Waals surface area contributed by atoms with Gasteiger partial charge in [-0.05, 0) is 36.1 Å². The van der Waals surface area contributed by atoms with Crippen LogP contribution >= 0.6 is 0 Å². The summed E-state index contributed by atoms with van der Waals surface area (Å²) in [6.07, 6.45) is 4.92. The molecule has 0 radical (unpaired) electrons. The predicted molar refractivity (Wildman–Crippen MR) is 109 cm³/mol. The zero-order valence-corrected chi connectivity index (χ0v) is 16.4. The number of carbonyl (C=O) groups excluding carboxylic acids is 1. The first-order valence-electron chi connectivity index (χ1n) is 9.82. The van der Waals surface area contributed by atoms with Crippen LogP contribution in [0.1, 0.15) is 28.9 Å². The molecule has 0 bridgehead atoms. The number of benzene rings is 2. The van der Waals surface area contributed by atoms with Crippen LogP contribution in [0.2, 0.25) is 0 Å². The summed E-state index contributed by atoms with van der Waals surface area (Å²) in [5, 5.41) is 0. The standard InChI is InChI=1S/C23H24FN3O2/c1-26-15-22(25-16-26)23(28)27(19-9-11-29-12-10-19)14-17-7-8-21(24)20(13-17)18-5-3-2-4-6-18/h2-8,13,15-16,19H,9-12,14H2,1H3. The molecule has 1 aromatic heterocycles. The molecule has 1 fully saturated rings. The minimum Gasteiger partial charge on any atom is -0.381 e. The second-order valence-corrected chi connectivity index (χ2v) is 7.38. The van der Waals surface area contributed by atoms with Crippen molar-refractivity contribution in [1.82, 2.24) is 14.5 Å². The highest BCUT2D eigenvalue weighted by atomic mass is 19.1. The summed E-state index contributed by atoms with van der Waals surface area (Å²) in [4.78, 5) is 19.3. The number of imidazole rings is 1. The van der Waals surface area contributed by atoms with Crippen LogP contribution < -0.4 is 0 Å². The van der Waals surface area contributed by atoms with E-state index in [0.29, 0.717) is 31.0 Å². The van der Waals surface area contributed by atoms with Gasteiger partial charge in [0.05, 0.1) is 6.33 Å². The Morgan fingerprint density at radius 1 is 1.21 bits per heavy atom. The fourth-order valence-corrected chi connectivity index (χ4v) is 3.74. The van der Waals surface area contributed by atoms with Crippen LogP contribution in [0.25, 0.3) is 11.1 Å². The number of halogens is 1. The van der Waals surface area contributed by atoms with E-state index in [1.165, 1.54) is 6.07 Å². The molecule has 0 spiro atoms. The fourth-order valence-electron chi connectivity index (χ4n) is 3.74. The molecule has 1 saturated heterocycles. The van der Waals surface area contributed by atoms with Crippen molar-refractivity contribution in [3.05, 3.63) is 78.1 Å². The van der Waals surface area contributed by atoms with E-state index in [-0.39, 0.29) is 17.8 Å². The fraction of sp³-hybridized carbons (Fsp3) is 0.304. The second kappa shape index (κ2) is 8.57. The number of ether oxygens (including phenoxy) is 1. The average Bonchev–Trinajstić information content (AvgIpc) is 3.20. The van der Waals surface area contributed by atoms with Crippen molar-refractivity contribution in [2.45, 2.75) is 25.4 Å². The van der Waals surface area contributed by atoms with Crippen LogP contribution in [-0.4, -0.2) is 39.6 Å². The van der Waals surface area contributed by atoms with Gasteiger partial charge in [0.15, 0.2) is 0 Å². The van der Waals surface area contributed by atoms with Crippen LogP contribution in [0.15, 0.2) is 61.1 Å². The lowest BCUT2D eigenvalue weighted by Gasteiger charge is -2.34. The van der Waals surface area contributed by atoms with Crippen molar-refractivity contribution in [3.8, 4) is 11.1 Å². The summed E-state index contributed by atoms with van der Waals surface area (Å²) in [5.74, 6) is -0.378. The van der Waals surface area contributed by atoms with Crippen molar-refractivity contribution in [1.29, 1.82) is 0 Å². The summed E-state index contributed by atoms with van der Waals surface area (Å²) in [5.41, 5.74) is 2.67. The SMILES string of the molecule is Cn1cnc(C(=O)N(Cc2ccc(F)c(-c3ccccc3)c2)C2CCOCC2)c1. The number of nitrogens with zero attached hydrogens (tertiary/aromatic N) is 3. The highest BCUT2D eigenvalue weighted by Crippen LogP contribution is 2.26. The van der Waals surface area contributed by atoms with Crippen molar-refractivity contribution in [2.75, 3.05) is 13.2 Å². The zero-order valence-electron chi connectivity index (χ0n) is 16.4. The third-order valence-corrected chi connectivity index (χ3v) is 5.28. The maximum atomic E-state index is 14.5. The van der Waals surface area contributed by atoms with E-state index in [0.717, 1.165) is 24.0 Å². The molecule has 0 unspecified atom stereocenters. The van der Waals surface area contributed by atoms with Crippen molar-refractivity contribution in [3.63, 3.8) is 0 Å². The van der Waals surface area contributed by atoms with E-state index in [4.69, 9.17) is 4.74 Å². The number of aromatic nitrogens is 2. The second-order valence-electron chi connectivity index (χ2n) is 7.38. The first-order valence-corrected chi connectivity index (χ1v) is 9.82. The Hall–Kier alpha value is -2.99. The predicted octanol–water partition coefficient (Wildman–Crippen LogP) is 4.05. The van der Waals surface area contributed by atoms with Gasteiger partial charge < -0.3 is 14.2 Å². The molecule has 1 aliphatic heterocycles. The highest BCUT2D eigenvalue weighted by Gasteiger charge is 2.28. The van der Waals surface area contributed by atoms with Gasteiger partial charge in [-0.2, -0.15) is 0 Å². The topological polar surface area (TPSA) is 47.4 Å². The van der Waals surface area contributed by atoms with Crippen LogP contribution in [0.4, 0.5) is 4.39 Å². The molecule has 3 aromatic rings. The van der Waals surface area contributed by atoms with E-state index in [2.05, 4.69) is 4.98 Å². The number of hydrogen-bond donors (Lipinski definition) is 0. The number of rotatable bonds is 5. The number of amides is 1. The van der Waals surface area contributed by atoms with Crippen LogP contribution in [0, 0.1) is 5.82 Å². The Balaban J connectivity index is 1.64. The van der Waals surface area contributed by atoms with E-state index in [1.807, 2.05) is 48.3 Å². The van der Waals surface area contributed by atoms with Gasteiger partial charge in [0, 0.05) is 44.6 Å². The quantitative estimate of drug-likeness (QED) is 0.657. The molecule has 29 heavy (non-hydrogen) atoms. The van der Waals surface area contributed by atoms with Gasteiger partial charge in [-0.15, -0.1) is 0 Å². The lowest BCUT2D eigenvalue weighted by molar-refractivity contribution is 0.0264. The van der Waals surface area contributed by atoms with E-state index < -0.39 is 0 Å². The monoisotopic (exact) mass is 393 g/mol. The minimum absolute atomic E-state index is 0.0727. The van der Waals surface area contributed by atoms with Crippen LogP contribution in [-0.2, 0) is 18.3 Å². The Morgan fingerprint density at radius 3 is 2.66 bits per heavy atom. The average molecular weight is 393 g/mol. The molecule has 150 valence electrons. The molecule has 1 aliphatic rings. The van der Waals surface area contributed by atoms with Crippen molar-refractivity contribution >= 4 is 5.91 Å². The number of hydrogen-bond acceptors (Lipinski definition) is 3. The molecule has 2 heterocycles. The maximum absolute atomic E-state index is 14.5. The molecule has 5 nitrogen and oxygen atoms in total. The van der Waals surface area contributed by atoms with Gasteiger partial charge in [0.1, 0.15) is 11.5 Å². The molecule has 0 saturated carbocycles. The highest BCUT2D eigenvalue weighted by molar-refractivity contribution is 5.92. The van der Waals surface area contributed by atoms with E-state index in [1.54, 1.807) is 23.2 Å². The maximum Gasteiger partial charge on any atom is 0.274 e. The number of carbonyl (C=O) groups is 1.